The number of nitrogens with one attached hydrogen (secondary N) is 2. The first-order chi connectivity index (χ1) is 9.85. The van der Waals surface area contributed by atoms with Crippen LogP contribution in [-0.2, 0) is 0 Å². The molecule has 0 saturated heterocycles. The highest BCUT2D eigenvalue weighted by Gasteiger charge is 2.45. The number of carbonyl (C=O) groups excluding carboxylic acids is 1. The Labute approximate surface area is 124 Å². The molecule has 0 aromatic heterocycles. The molecule has 1 amide bonds. The normalized spacial score (nSPS) is 18.9. The molecule has 1 aliphatic carbocycles. The summed E-state index contributed by atoms with van der Waals surface area (Å²) in [6, 6.07) is 4.31. The summed E-state index contributed by atoms with van der Waals surface area (Å²) >= 11 is 0. The van der Waals surface area contributed by atoms with Crippen molar-refractivity contribution in [1.82, 2.24) is 5.32 Å². The lowest BCUT2D eigenvalue weighted by Gasteiger charge is -2.11. The minimum absolute atomic E-state index is 0.0754. The van der Waals surface area contributed by atoms with Gasteiger partial charge in [-0.25, -0.2) is 0 Å². The summed E-state index contributed by atoms with van der Waals surface area (Å²) in [7, 11) is 0. The van der Waals surface area contributed by atoms with Gasteiger partial charge in [-0.05, 0) is 30.7 Å². The van der Waals surface area contributed by atoms with Gasteiger partial charge in [-0.2, -0.15) is 0 Å². The molecular formula is C15H21N3O3. The third-order valence-corrected chi connectivity index (χ3v) is 4.05. The predicted molar refractivity (Wildman–Crippen MR) is 81.5 cm³/mol. The summed E-state index contributed by atoms with van der Waals surface area (Å²) in [4.78, 5) is 22.7. The summed E-state index contributed by atoms with van der Waals surface area (Å²) in [5.74, 6) is 0.222. The van der Waals surface area contributed by atoms with Gasteiger partial charge in [0.25, 0.3) is 11.6 Å². The van der Waals surface area contributed by atoms with Gasteiger partial charge in [-0.3, -0.25) is 14.9 Å². The Balaban J connectivity index is 2.13. The first kappa shape index (κ1) is 15.3. The van der Waals surface area contributed by atoms with Crippen molar-refractivity contribution < 1.29 is 9.72 Å². The van der Waals surface area contributed by atoms with Gasteiger partial charge in [0, 0.05) is 30.9 Å². The summed E-state index contributed by atoms with van der Waals surface area (Å²) in [5, 5.41) is 16.8. The quantitative estimate of drug-likeness (QED) is 0.623. The fourth-order valence-corrected chi connectivity index (χ4v) is 2.41. The number of nitrogens with zero attached hydrogens (tertiary/aromatic N) is 1. The van der Waals surface area contributed by atoms with Crippen LogP contribution in [0.15, 0.2) is 18.2 Å². The SMILES string of the molecule is CCNc1ccc([N+](=O)[O-])cc1C(=O)NCC1CC1(C)C. The first-order valence-electron chi connectivity index (χ1n) is 7.15. The molecule has 1 saturated carbocycles. The van der Waals surface area contributed by atoms with Crippen LogP contribution in [0.25, 0.3) is 0 Å². The largest absolute Gasteiger partial charge is 0.385 e. The van der Waals surface area contributed by atoms with Gasteiger partial charge < -0.3 is 10.6 Å². The lowest BCUT2D eigenvalue weighted by molar-refractivity contribution is -0.384. The fraction of sp³-hybridized carbons (Fsp3) is 0.533. The lowest BCUT2D eigenvalue weighted by Crippen LogP contribution is -2.27. The molecule has 0 radical (unpaired) electrons. The molecule has 6 nitrogen and oxygen atoms in total. The maximum absolute atomic E-state index is 12.3. The third-order valence-electron chi connectivity index (χ3n) is 4.05. The highest BCUT2D eigenvalue weighted by Crippen LogP contribution is 2.51. The Morgan fingerprint density at radius 2 is 2.14 bits per heavy atom. The molecule has 21 heavy (non-hydrogen) atoms. The molecular weight excluding hydrogens is 270 g/mol. The van der Waals surface area contributed by atoms with Crippen molar-refractivity contribution in [3.05, 3.63) is 33.9 Å². The number of nitro benzene ring substituents is 1. The van der Waals surface area contributed by atoms with Crippen molar-refractivity contribution in [2.75, 3.05) is 18.4 Å². The molecule has 1 aromatic carbocycles. The van der Waals surface area contributed by atoms with Crippen LogP contribution in [0.5, 0.6) is 0 Å². The van der Waals surface area contributed by atoms with Crippen molar-refractivity contribution in [2.24, 2.45) is 11.3 Å². The Morgan fingerprint density at radius 3 is 2.67 bits per heavy atom. The van der Waals surface area contributed by atoms with E-state index >= 15 is 0 Å². The Bertz CT molecular complexity index is 569. The number of benzene rings is 1. The number of carbonyl (C=O) groups is 1. The lowest BCUT2D eigenvalue weighted by atomic mass is 10.1. The Hall–Kier alpha value is -2.11. The van der Waals surface area contributed by atoms with E-state index in [1.807, 2.05) is 6.92 Å². The van der Waals surface area contributed by atoms with Gasteiger partial charge in [0.05, 0.1) is 10.5 Å². The molecule has 1 aromatic rings. The molecule has 0 aliphatic heterocycles. The van der Waals surface area contributed by atoms with Crippen molar-refractivity contribution in [3.8, 4) is 0 Å². The molecule has 114 valence electrons. The van der Waals surface area contributed by atoms with Gasteiger partial charge in [-0.1, -0.05) is 13.8 Å². The first-order valence-corrected chi connectivity index (χ1v) is 7.15. The minimum atomic E-state index is -0.490. The number of hydrogen-bond donors (Lipinski definition) is 2. The molecule has 1 unspecified atom stereocenters. The molecule has 1 aliphatic rings. The second kappa shape index (κ2) is 5.71. The number of hydrogen-bond acceptors (Lipinski definition) is 4. The van der Waals surface area contributed by atoms with E-state index in [0.717, 1.165) is 6.42 Å². The van der Waals surface area contributed by atoms with E-state index in [1.165, 1.54) is 12.1 Å². The Morgan fingerprint density at radius 1 is 1.48 bits per heavy atom. The van der Waals surface area contributed by atoms with E-state index in [0.29, 0.717) is 35.7 Å². The van der Waals surface area contributed by atoms with Gasteiger partial charge in [0.1, 0.15) is 0 Å². The van der Waals surface area contributed by atoms with E-state index in [4.69, 9.17) is 0 Å². The topological polar surface area (TPSA) is 84.3 Å². The molecule has 2 N–H and O–H groups in total. The van der Waals surface area contributed by atoms with Gasteiger partial charge in [0.15, 0.2) is 0 Å². The molecule has 0 bridgehead atoms. The fourth-order valence-electron chi connectivity index (χ4n) is 2.41. The van der Waals surface area contributed by atoms with Gasteiger partial charge in [0.2, 0.25) is 0 Å². The zero-order valence-corrected chi connectivity index (χ0v) is 12.6. The van der Waals surface area contributed by atoms with E-state index < -0.39 is 4.92 Å². The molecule has 2 rings (SSSR count). The zero-order valence-electron chi connectivity index (χ0n) is 12.6. The summed E-state index contributed by atoms with van der Waals surface area (Å²) in [5.41, 5.74) is 1.16. The molecule has 6 heteroatoms. The van der Waals surface area contributed by atoms with Crippen molar-refractivity contribution in [1.29, 1.82) is 0 Å². The number of non-ortho nitro benzene ring substituents is 1. The van der Waals surface area contributed by atoms with Crippen LogP contribution in [0, 0.1) is 21.4 Å². The second-order valence-corrected chi connectivity index (χ2v) is 6.12. The van der Waals surface area contributed by atoms with Crippen LogP contribution in [-0.4, -0.2) is 23.9 Å². The summed E-state index contributed by atoms with van der Waals surface area (Å²) < 4.78 is 0. The summed E-state index contributed by atoms with van der Waals surface area (Å²) in [6.07, 6.45) is 1.10. The predicted octanol–water partition coefficient (Wildman–Crippen LogP) is 2.80. The molecule has 1 fully saturated rings. The van der Waals surface area contributed by atoms with Crippen LogP contribution in [0.3, 0.4) is 0 Å². The van der Waals surface area contributed by atoms with Crippen LogP contribution in [0.1, 0.15) is 37.6 Å². The van der Waals surface area contributed by atoms with Crippen LogP contribution in [0.4, 0.5) is 11.4 Å². The number of anilines is 1. The molecule has 1 atom stereocenters. The second-order valence-electron chi connectivity index (χ2n) is 6.12. The number of amides is 1. The summed E-state index contributed by atoms with van der Waals surface area (Å²) in [6.45, 7) is 7.51. The van der Waals surface area contributed by atoms with E-state index in [-0.39, 0.29) is 11.6 Å². The third kappa shape index (κ3) is 3.51. The van der Waals surface area contributed by atoms with Crippen molar-refractivity contribution in [3.63, 3.8) is 0 Å². The zero-order chi connectivity index (χ0) is 15.6. The highest BCUT2D eigenvalue weighted by molar-refractivity contribution is 6.00. The van der Waals surface area contributed by atoms with Crippen LogP contribution in [0.2, 0.25) is 0 Å². The average molecular weight is 291 g/mol. The molecule has 0 spiro atoms. The smallest absolute Gasteiger partial charge is 0.270 e. The minimum Gasteiger partial charge on any atom is -0.385 e. The average Bonchev–Trinajstić information content (AvgIpc) is 3.04. The van der Waals surface area contributed by atoms with E-state index in [9.17, 15) is 14.9 Å². The van der Waals surface area contributed by atoms with Crippen LogP contribution < -0.4 is 10.6 Å². The number of nitro groups is 1. The monoisotopic (exact) mass is 291 g/mol. The van der Waals surface area contributed by atoms with Crippen molar-refractivity contribution in [2.45, 2.75) is 27.2 Å². The molecule has 0 heterocycles. The van der Waals surface area contributed by atoms with Gasteiger partial charge >= 0.3 is 0 Å². The van der Waals surface area contributed by atoms with E-state index in [2.05, 4.69) is 24.5 Å². The highest BCUT2D eigenvalue weighted by atomic mass is 16.6. The van der Waals surface area contributed by atoms with Crippen molar-refractivity contribution >= 4 is 17.3 Å². The maximum Gasteiger partial charge on any atom is 0.270 e. The standard InChI is InChI=1S/C15H21N3O3/c1-4-16-13-6-5-11(18(20)21)7-12(13)14(19)17-9-10-8-15(10,2)3/h5-7,10,16H,4,8-9H2,1-3H3,(H,17,19). The van der Waals surface area contributed by atoms with E-state index in [1.54, 1.807) is 6.07 Å². The van der Waals surface area contributed by atoms with Crippen LogP contribution >= 0.6 is 0 Å². The Kier molecular flexibility index (Phi) is 4.16. The van der Waals surface area contributed by atoms with Gasteiger partial charge in [-0.15, -0.1) is 0 Å². The maximum atomic E-state index is 12.3. The number of rotatable bonds is 6.